The maximum Gasteiger partial charge on any atom is 0.354 e. The van der Waals surface area contributed by atoms with Crippen LogP contribution in [0.1, 0.15) is 33.9 Å². The number of rotatable bonds is 5. The van der Waals surface area contributed by atoms with Crippen LogP contribution in [0.15, 0.2) is 125 Å². The van der Waals surface area contributed by atoms with E-state index in [0.717, 1.165) is 44.9 Å². The van der Waals surface area contributed by atoms with E-state index >= 15 is 0 Å². The summed E-state index contributed by atoms with van der Waals surface area (Å²) in [6, 6.07) is 35.1. The molecule has 2 aliphatic rings. The molecule has 2 unspecified atom stereocenters. The van der Waals surface area contributed by atoms with Gasteiger partial charge in [-0.1, -0.05) is 108 Å². The Morgan fingerprint density at radius 3 is 2.08 bits per heavy atom. The van der Waals surface area contributed by atoms with Crippen molar-refractivity contribution in [3.05, 3.63) is 143 Å². The standard InChI is InChI=1S/C33H26N2O3/c1-22-13-17-26(18-14-22)30-33(31(35-38-32(33)36)25-11-7-4-8-12-25)28(21-23-15-19-27(37-2)20-16-23)29(34-30)24-9-5-3-6-10-24/h3-21,30H,1-2H3/b28-21-. The lowest BCUT2D eigenvalue weighted by Crippen LogP contribution is -2.41. The fraction of sp³-hybridized carbons (Fsp3) is 0.121. The molecule has 0 radical (unpaired) electrons. The van der Waals surface area contributed by atoms with Crippen LogP contribution in [0.4, 0.5) is 0 Å². The molecule has 5 nitrogen and oxygen atoms in total. The minimum absolute atomic E-state index is 0.434. The highest BCUT2D eigenvalue weighted by molar-refractivity contribution is 6.32. The van der Waals surface area contributed by atoms with E-state index in [2.05, 4.69) is 5.16 Å². The summed E-state index contributed by atoms with van der Waals surface area (Å²) in [6.07, 6.45) is 2.03. The molecule has 0 aromatic heterocycles. The Labute approximate surface area is 221 Å². The summed E-state index contributed by atoms with van der Waals surface area (Å²) >= 11 is 0. The number of carbonyl (C=O) groups excluding carboxylic acids is 1. The molecule has 0 aliphatic carbocycles. The van der Waals surface area contributed by atoms with Gasteiger partial charge in [-0.15, -0.1) is 0 Å². The number of aryl methyl sites for hydroxylation is 1. The molecule has 2 atom stereocenters. The molecular formula is C33H26N2O3. The number of ether oxygens (including phenoxy) is 1. The Kier molecular flexibility index (Phi) is 5.97. The van der Waals surface area contributed by atoms with Gasteiger partial charge in [0.25, 0.3) is 0 Å². The van der Waals surface area contributed by atoms with Crippen molar-refractivity contribution in [3.63, 3.8) is 0 Å². The van der Waals surface area contributed by atoms with E-state index in [0.29, 0.717) is 5.71 Å². The molecule has 0 fully saturated rings. The zero-order chi connectivity index (χ0) is 26.1. The van der Waals surface area contributed by atoms with Gasteiger partial charge in [0.15, 0.2) is 5.41 Å². The number of carbonyl (C=O) groups is 1. The van der Waals surface area contributed by atoms with Crippen molar-refractivity contribution in [2.75, 3.05) is 7.11 Å². The Hall–Kier alpha value is -4.77. The molecule has 0 N–H and O–H groups in total. The van der Waals surface area contributed by atoms with E-state index in [9.17, 15) is 4.79 Å². The molecule has 0 bridgehead atoms. The number of oxime groups is 1. The molecule has 0 amide bonds. The summed E-state index contributed by atoms with van der Waals surface area (Å²) in [7, 11) is 1.64. The van der Waals surface area contributed by atoms with Gasteiger partial charge in [-0.05, 0) is 36.3 Å². The second-order valence-corrected chi connectivity index (χ2v) is 9.48. The third-order valence-electron chi connectivity index (χ3n) is 7.18. The van der Waals surface area contributed by atoms with Crippen LogP contribution in [0.2, 0.25) is 0 Å². The van der Waals surface area contributed by atoms with Crippen LogP contribution in [0, 0.1) is 12.3 Å². The smallest absolute Gasteiger partial charge is 0.354 e. The fourth-order valence-electron chi connectivity index (χ4n) is 5.26. The van der Waals surface area contributed by atoms with E-state index in [-0.39, 0.29) is 0 Å². The highest BCUT2D eigenvalue weighted by atomic mass is 16.7. The maximum absolute atomic E-state index is 14.0. The zero-order valence-electron chi connectivity index (χ0n) is 21.2. The van der Waals surface area contributed by atoms with Crippen molar-refractivity contribution in [1.29, 1.82) is 0 Å². The van der Waals surface area contributed by atoms with Gasteiger partial charge < -0.3 is 9.57 Å². The summed E-state index contributed by atoms with van der Waals surface area (Å²) in [5, 5.41) is 4.40. The van der Waals surface area contributed by atoms with E-state index in [1.807, 2.05) is 122 Å². The largest absolute Gasteiger partial charge is 0.497 e. The van der Waals surface area contributed by atoms with E-state index in [4.69, 9.17) is 14.6 Å². The van der Waals surface area contributed by atoms with Crippen LogP contribution in [0.25, 0.3) is 6.08 Å². The molecule has 6 rings (SSSR count). The van der Waals surface area contributed by atoms with Crippen molar-refractivity contribution in [2.24, 2.45) is 15.6 Å². The number of methoxy groups -OCH3 is 1. The highest BCUT2D eigenvalue weighted by Gasteiger charge is 2.63. The second-order valence-electron chi connectivity index (χ2n) is 9.48. The number of hydrogen-bond acceptors (Lipinski definition) is 5. The lowest BCUT2D eigenvalue weighted by Gasteiger charge is -2.29. The van der Waals surface area contributed by atoms with Crippen molar-refractivity contribution >= 4 is 23.5 Å². The first kappa shape index (κ1) is 23.6. The Bertz CT molecular complexity index is 1570. The molecule has 4 aromatic carbocycles. The monoisotopic (exact) mass is 498 g/mol. The van der Waals surface area contributed by atoms with Gasteiger partial charge in [0.05, 0.1) is 12.8 Å². The van der Waals surface area contributed by atoms with Crippen LogP contribution < -0.4 is 4.74 Å². The number of benzene rings is 4. The fourth-order valence-corrected chi connectivity index (χ4v) is 5.26. The third kappa shape index (κ3) is 3.84. The molecule has 4 aromatic rings. The summed E-state index contributed by atoms with van der Waals surface area (Å²) in [5.74, 6) is 0.325. The van der Waals surface area contributed by atoms with Crippen LogP contribution in [-0.4, -0.2) is 24.5 Å². The normalized spacial score (nSPS) is 21.4. The van der Waals surface area contributed by atoms with Gasteiger partial charge in [0.2, 0.25) is 0 Å². The summed E-state index contributed by atoms with van der Waals surface area (Å²) in [5.41, 5.74) is 5.51. The topological polar surface area (TPSA) is 60.2 Å². The predicted octanol–water partition coefficient (Wildman–Crippen LogP) is 6.58. The Morgan fingerprint density at radius 2 is 1.45 bits per heavy atom. The molecule has 186 valence electrons. The lowest BCUT2D eigenvalue weighted by molar-refractivity contribution is -0.147. The van der Waals surface area contributed by atoms with Gasteiger partial charge in [0, 0.05) is 16.7 Å². The summed E-state index contributed by atoms with van der Waals surface area (Å²) < 4.78 is 5.36. The highest BCUT2D eigenvalue weighted by Crippen LogP contribution is 2.55. The van der Waals surface area contributed by atoms with Crippen molar-refractivity contribution < 1.29 is 14.4 Å². The summed E-state index contributed by atoms with van der Waals surface area (Å²) in [6.45, 7) is 2.04. The quantitative estimate of drug-likeness (QED) is 0.292. The molecule has 0 saturated carbocycles. The van der Waals surface area contributed by atoms with Crippen molar-refractivity contribution in [1.82, 2.24) is 0 Å². The summed E-state index contributed by atoms with van der Waals surface area (Å²) in [4.78, 5) is 24.8. The average Bonchev–Trinajstić information content (AvgIpc) is 3.48. The molecule has 2 heterocycles. The van der Waals surface area contributed by atoms with Gasteiger partial charge >= 0.3 is 5.97 Å². The molecule has 38 heavy (non-hydrogen) atoms. The van der Waals surface area contributed by atoms with E-state index in [1.165, 1.54) is 0 Å². The predicted molar refractivity (Wildman–Crippen MR) is 149 cm³/mol. The van der Waals surface area contributed by atoms with E-state index < -0.39 is 17.4 Å². The van der Waals surface area contributed by atoms with E-state index in [1.54, 1.807) is 7.11 Å². The second kappa shape index (κ2) is 9.60. The Morgan fingerprint density at radius 1 is 0.816 bits per heavy atom. The molecule has 5 heteroatoms. The first-order valence-electron chi connectivity index (χ1n) is 12.5. The van der Waals surface area contributed by atoms with Crippen LogP contribution in [-0.2, 0) is 9.63 Å². The maximum atomic E-state index is 14.0. The van der Waals surface area contributed by atoms with Crippen molar-refractivity contribution in [2.45, 2.75) is 13.0 Å². The minimum atomic E-state index is -1.26. The van der Waals surface area contributed by atoms with Crippen LogP contribution in [0.5, 0.6) is 5.75 Å². The van der Waals surface area contributed by atoms with Gasteiger partial charge in [-0.3, -0.25) is 4.99 Å². The van der Waals surface area contributed by atoms with Crippen molar-refractivity contribution in [3.8, 4) is 5.75 Å². The number of nitrogens with zero attached hydrogens (tertiary/aromatic N) is 2. The van der Waals surface area contributed by atoms with Gasteiger partial charge in [-0.25, -0.2) is 4.79 Å². The average molecular weight is 499 g/mol. The SMILES string of the molecule is COc1ccc(/C=C2/C(c3ccccc3)=NC(c3ccc(C)cc3)C23C(=O)ON=C3c2ccccc2)cc1. The van der Waals surface area contributed by atoms with Crippen LogP contribution >= 0.6 is 0 Å². The third-order valence-corrected chi connectivity index (χ3v) is 7.18. The lowest BCUT2D eigenvalue weighted by atomic mass is 9.67. The Balaban J connectivity index is 1.65. The first-order valence-corrected chi connectivity index (χ1v) is 12.5. The molecule has 1 spiro atoms. The number of hydrogen-bond donors (Lipinski definition) is 0. The first-order chi connectivity index (χ1) is 18.6. The minimum Gasteiger partial charge on any atom is -0.497 e. The van der Waals surface area contributed by atoms with Gasteiger partial charge in [-0.2, -0.15) is 0 Å². The number of aliphatic imine (C=N–C) groups is 1. The molecular weight excluding hydrogens is 472 g/mol. The molecule has 2 aliphatic heterocycles. The molecule has 0 saturated heterocycles. The van der Waals surface area contributed by atoms with Gasteiger partial charge in [0.1, 0.15) is 17.5 Å². The van der Waals surface area contributed by atoms with Crippen LogP contribution in [0.3, 0.4) is 0 Å². The zero-order valence-corrected chi connectivity index (χ0v) is 21.2.